The number of benzene rings is 1. The summed E-state index contributed by atoms with van der Waals surface area (Å²) in [6, 6.07) is 6.69. The minimum absolute atomic E-state index is 0.201. The zero-order valence-electron chi connectivity index (χ0n) is 15.8. The number of halogens is 1. The van der Waals surface area contributed by atoms with E-state index in [9.17, 15) is 4.39 Å². The first-order chi connectivity index (χ1) is 13.2. The first-order valence-electron chi connectivity index (χ1n) is 9.65. The average molecular weight is 371 g/mol. The molecule has 0 radical (unpaired) electrons. The molecule has 8 heteroatoms. The molecule has 0 saturated carbocycles. The second-order valence-corrected chi connectivity index (χ2v) is 6.99. The molecule has 2 aliphatic heterocycles. The van der Waals surface area contributed by atoms with Crippen LogP contribution in [0.15, 0.2) is 30.5 Å². The van der Waals surface area contributed by atoms with Crippen LogP contribution in [0.2, 0.25) is 0 Å². The van der Waals surface area contributed by atoms with Crippen molar-refractivity contribution in [2.75, 3.05) is 73.6 Å². The van der Waals surface area contributed by atoms with Gasteiger partial charge in [-0.15, -0.1) is 5.10 Å². The minimum Gasteiger partial charge on any atom is -0.368 e. The van der Waals surface area contributed by atoms with E-state index in [-0.39, 0.29) is 5.82 Å². The Labute approximate surface area is 159 Å². The summed E-state index contributed by atoms with van der Waals surface area (Å²) in [5, 5.41) is 8.45. The number of nitrogens with zero attached hydrogens (tertiary/aromatic N) is 7. The van der Waals surface area contributed by atoms with E-state index >= 15 is 0 Å². The SMILES string of the molecule is CCN1CCN(c2cnnc(N3CCN(c4ccc(F)cc4)CC3)n2)CC1. The van der Waals surface area contributed by atoms with Gasteiger partial charge in [0.15, 0.2) is 5.82 Å². The second kappa shape index (κ2) is 8.04. The summed E-state index contributed by atoms with van der Waals surface area (Å²) in [4.78, 5) is 13.9. The fourth-order valence-corrected chi connectivity index (χ4v) is 3.68. The van der Waals surface area contributed by atoms with Gasteiger partial charge in [0.25, 0.3) is 0 Å². The first kappa shape index (κ1) is 17.9. The van der Waals surface area contributed by atoms with E-state index in [4.69, 9.17) is 4.98 Å². The van der Waals surface area contributed by atoms with E-state index in [1.807, 2.05) is 12.1 Å². The maximum Gasteiger partial charge on any atom is 0.247 e. The van der Waals surface area contributed by atoms with E-state index in [0.717, 1.165) is 70.4 Å². The molecule has 7 nitrogen and oxygen atoms in total. The lowest BCUT2D eigenvalue weighted by atomic mass is 10.2. The van der Waals surface area contributed by atoms with E-state index in [2.05, 4.69) is 36.7 Å². The Morgan fingerprint density at radius 2 is 1.48 bits per heavy atom. The number of anilines is 3. The highest BCUT2D eigenvalue weighted by Crippen LogP contribution is 2.20. The van der Waals surface area contributed by atoms with Crippen molar-refractivity contribution in [3.63, 3.8) is 0 Å². The van der Waals surface area contributed by atoms with Gasteiger partial charge in [0.1, 0.15) is 5.82 Å². The topological polar surface area (TPSA) is 51.6 Å². The number of hydrogen-bond donors (Lipinski definition) is 0. The number of piperazine rings is 2. The normalized spacial score (nSPS) is 18.8. The molecule has 0 amide bonds. The lowest BCUT2D eigenvalue weighted by Crippen LogP contribution is -2.48. The van der Waals surface area contributed by atoms with Crippen LogP contribution >= 0.6 is 0 Å². The number of aromatic nitrogens is 3. The zero-order chi connectivity index (χ0) is 18.6. The highest BCUT2D eigenvalue weighted by atomic mass is 19.1. The van der Waals surface area contributed by atoms with E-state index in [1.54, 1.807) is 6.20 Å². The Morgan fingerprint density at radius 3 is 2.15 bits per heavy atom. The molecule has 2 aliphatic rings. The van der Waals surface area contributed by atoms with Gasteiger partial charge in [-0.2, -0.15) is 10.1 Å². The molecule has 2 fully saturated rings. The Morgan fingerprint density at radius 1 is 0.852 bits per heavy atom. The average Bonchev–Trinajstić information content (AvgIpc) is 2.75. The molecule has 144 valence electrons. The Balaban J connectivity index is 1.38. The number of likely N-dealkylation sites (N-methyl/N-ethyl adjacent to an activating group) is 1. The molecule has 1 aromatic carbocycles. The molecule has 0 N–H and O–H groups in total. The van der Waals surface area contributed by atoms with Gasteiger partial charge in [0, 0.05) is 58.0 Å². The Bertz CT molecular complexity index is 738. The summed E-state index contributed by atoms with van der Waals surface area (Å²) in [6.45, 7) is 10.7. The molecule has 4 rings (SSSR count). The van der Waals surface area contributed by atoms with E-state index in [1.165, 1.54) is 12.1 Å². The van der Waals surface area contributed by atoms with E-state index in [0.29, 0.717) is 5.95 Å². The summed E-state index contributed by atoms with van der Waals surface area (Å²) in [6.07, 6.45) is 1.76. The van der Waals surface area contributed by atoms with Crippen molar-refractivity contribution in [2.45, 2.75) is 6.92 Å². The van der Waals surface area contributed by atoms with Gasteiger partial charge in [0.2, 0.25) is 5.95 Å². The molecule has 2 saturated heterocycles. The monoisotopic (exact) mass is 371 g/mol. The predicted molar refractivity (Wildman–Crippen MR) is 105 cm³/mol. The number of hydrogen-bond acceptors (Lipinski definition) is 7. The minimum atomic E-state index is -0.201. The summed E-state index contributed by atoms with van der Waals surface area (Å²) in [7, 11) is 0. The third-order valence-corrected chi connectivity index (χ3v) is 5.43. The predicted octanol–water partition coefficient (Wildman–Crippen LogP) is 1.48. The molecular weight excluding hydrogens is 345 g/mol. The van der Waals surface area contributed by atoms with Gasteiger partial charge in [-0.25, -0.2) is 4.39 Å². The van der Waals surface area contributed by atoms with Gasteiger partial charge in [0.05, 0.1) is 6.20 Å². The molecule has 3 heterocycles. The highest BCUT2D eigenvalue weighted by Gasteiger charge is 2.22. The summed E-state index contributed by atoms with van der Waals surface area (Å²) in [5.41, 5.74) is 1.05. The van der Waals surface area contributed by atoms with Crippen molar-refractivity contribution in [1.29, 1.82) is 0 Å². The molecule has 0 atom stereocenters. The third-order valence-electron chi connectivity index (χ3n) is 5.43. The van der Waals surface area contributed by atoms with Gasteiger partial charge >= 0.3 is 0 Å². The molecule has 0 unspecified atom stereocenters. The lowest BCUT2D eigenvalue weighted by Gasteiger charge is -2.37. The largest absolute Gasteiger partial charge is 0.368 e. The van der Waals surface area contributed by atoms with Crippen LogP contribution in [0.5, 0.6) is 0 Å². The standard InChI is InChI=1S/C19H26FN7/c1-2-24-7-9-26(10-8-24)18-15-21-23-19(22-18)27-13-11-25(12-14-27)17-5-3-16(20)4-6-17/h3-6,15H,2,7-14H2,1H3. The van der Waals surface area contributed by atoms with Gasteiger partial charge in [-0.05, 0) is 30.8 Å². The Hall–Kier alpha value is -2.48. The molecular formula is C19H26FN7. The van der Waals surface area contributed by atoms with Crippen LogP contribution in [0.25, 0.3) is 0 Å². The van der Waals surface area contributed by atoms with Crippen LogP contribution in [0.4, 0.5) is 21.8 Å². The molecule has 1 aromatic heterocycles. The van der Waals surface area contributed by atoms with Crippen molar-refractivity contribution in [1.82, 2.24) is 20.1 Å². The van der Waals surface area contributed by atoms with Crippen molar-refractivity contribution >= 4 is 17.5 Å². The smallest absolute Gasteiger partial charge is 0.247 e. The van der Waals surface area contributed by atoms with E-state index < -0.39 is 0 Å². The number of rotatable bonds is 4. The quantitative estimate of drug-likeness (QED) is 0.807. The van der Waals surface area contributed by atoms with Gasteiger partial charge < -0.3 is 19.6 Å². The maximum absolute atomic E-state index is 13.1. The van der Waals surface area contributed by atoms with Crippen molar-refractivity contribution in [2.24, 2.45) is 0 Å². The van der Waals surface area contributed by atoms with Gasteiger partial charge in [-0.1, -0.05) is 6.92 Å². The van der Waals surface area contributed by atoms with Crippen molar-refractivity contribution in [3.8, 4) is 0 Å². The summed E-state index contributed by atoms with van der Waals surface area (Å²) in [5.74, 6) is 1.41. The summed E-state index contributed by atoms with van der Waals surface area (Å²) < 4.78 is 13.1. The van der Waals surface area contributed by atoms with Crippen molar-refractivity contribution in [3.05, 3.63) is 36.3 Å². The van der Waals surface area contributed by atoms with Crippen LogP contribution in [0.1, 0.15) is 6.92 Å². The van der Waals surface area contributed by atoms with Crippen LogP contribution in [-0.4, -0.2) is 79.0 Å². The molecule has 0 bridgehead atoms. The maximum atomic E-state index is 13.1. The Kier molecular flexibility index (Phi) is 5.33. The lowest BCUT2D eigenvalue weighted by molar-refractivity contribution is 0.270. The second-order valence-electron chi connectivity index (χ2n) is 6.99. The molecule has 2 aromatic rings. The third kappa shape index (κ3) is 4.10. The van der Waals surface area contributed by atoms with Crippen molar-refractivity contribution < 1.29 is 4.39 Å². The zero-order valence-corrected chi connectivity index (χ0v) is 15.8. The van der Waals surface area contributed by atoms with Crippen LogP contribution < -0.4 is 14.7 Å². The van der Waals surface area contributed by atoms with Crippen LogP contribution in [0, 0.1) is 5.82 Å². The molecule has 0 spiro atoms. The summed E-state index contributed by atoms with van der Waals surface area (Å²) >= 11 is 0. The molecule has 0 aliphatic carbocycles. The molecule has 27 heavy (non-hydrogen) atoms. The first-order valence-corrected chi connectivity index (χ1v) is 9.65. The highest BCUT2D eigenvalue weighted by molar-refractivity contribution is 5.49. The van der Waals surface area contributed by atoms with Crippen LogP contribution in [-0.2, 0) is 0 Å². The van der Waals surface area contributed by atoms with Crippen LogP contribution in [0.3, 0.4) is 0 Å². The van der Waals surface area contributed by atoms with Gasteiger partial charge in [-0.3, -0.25) is 0 Å². The fraction of sp³-hybridized carbons (Fsp3) is 0.526. The fourth-order valence-electron chi connectivity index (χ4n) is 3.68.